The molecule has 3 fully saturated rings. The average molecular weight is 470 g/mol. The lowest BCUT2D eigenvalue weighted by Gasteiger charge is -2.44. The molecule has 0 radical (unpaired) electrons. The molecule has 2 atom stereocenters. The predicted molar refractivity (Wildman–Crippen MR) is 129 cm³/mol. The Labute approximate surface area is 200 Å². The molecule has 6 nitrogen and oxygen atoms in total. The van der Waals surface area contributed by atoms with E-state index in [4.69, 9.17) is 21.3 Å². The van der Waals surface area contributed by atoms with Gasteiger partial charge in [-0.2, -0.15) is 0 Å². The van der Waals surface area contributed by atoms with Crippen molar-refractivity contribution < 1.29 is 14.3 Å². The fourth-order valence-electron chi connectivity index (χ4n) is 5.49. The van der Waals surface area contributed by atoms with E-state index >= 15 is 0 Å². The number of nitrogens with zero attached hydrogens (tertiary/aromatic N) is 3. The van der Waals surface area contributed by atoms with E-state index in [-0.39, 0.29) is 24.1 Å². The van der Waals surface area contributed by atoms with E-state index in [2.05, 4.69) is 0 Å². The Hall–Kier alpha value is -2.34. The number of aryl methyl sites for hydroxylation is 1. The summed E-state index contributed by atoms with van der Waals surface area (Å²) in [5.74, 6) is 0.00767. The summed E-state index contributed by atoms with van der Waals surface area (Å²) >= 11 is 6.72. The maximum atomic E-state index is 13.6. The smallest absolute Gasteiger partial charge is 0.410 e. The molecule has 3 aliphatic heterocycles. The SMILES string of the molecule is CC(C)(C)OC(=O)N1CC2CCCC1CN2C(=O)c1ccc2c(Cl)c3c(nc2c1)CCCC3. The molecule has 3 saturated heterocycles. The van der Waals surface area contributed by atoms with Crippen molar-refractivity contribution in [1.82, 2.24) is 14.8 Å². The third-order valence-corrected chi connectivity index (χ3v) is 7.53. The molecule has 1 aromatic heterocycles. The second kappa shape index (κ2) is 8.46. The molecule has 2 amide bonds. The van der Waals surface area contributed by atoms with Crippen molar-refractivity contribution in [2.45, 2.75) is 83.4 Å². The van der Waals surface area contributed by atoms with Crippen molar-refractivity contribution in [2.75, 3.05) is 13.1 Å². The predicted octanol–water partition coefficient (Wildman–Crippen LogP) is 5.38. The summed E-state index contributed by atoms with van der Waals surface area (Å²) in [5, 5.41) is 1.71. The van der Waals surface area contributed by atoms with E-state index < -0.39 is 5.60 Å². The Morgan fingerprint density at radius 3 is 2.48 bits per heavy atom. The normalized spacial score (nSPS) is 22.8. The van der Waals surface area contributed by atoms with Crippen LogP contribution in [0, 0.1) is 0 Å². The fraction of sp³-hybridized carbons (Fsp3) is 0.577. The molecule has 7 heteroatoms. The Kier molecular flexibility index (Phi) is 5.76. The number of rotatable bonds is 1. The number of hydrogen-bond donors (Lipinski definition) is 0. The van der Waals surface area contributed by atoms with Gasteiger partial charge in [0.25, 0.3) is 5.91 Å². The van der Waals surface area contributed by atoms with Gasteiger partial charge >= 0.3 is 6.09 Å². The van der Waals surface area contributed by atoms with Gasteiger partial charge in [-0.3, -0.25) is 9.78 Å². The van der Waals surface area contributed by atoms with Crippen molar-refractivity contribution in [3.8, 4) is 0 Å². The molecule has 0 N–H and O–H groups in total. The molecular formula is C26H32ClN3O3. The number of pyridine rings is 1. The molecule has 0 saturated carbocycles. The zero-order valence-corrected chi connectivity index (χ0v) is 20.5. The number of piperazine rings is 1. The lowest BCUT2D eigenvalue weighted by molar-refractivity contribution is -0.00798. The maximum absolute atomic E-state index is 13.6. The zero-order valence-electron chi connectivity index (χ0n) is 19.7. The van der Waals surface area contributed by atoms with E-state index in [9.17, 15) is 9.59 Å². The van der Waals surface area contributed by atoms with Crippen LogP contribution in [0.4, 0.5) is 4.79 Å². The average Bonchev–Trinajstić information content (AvgIpc) is 3.11. The summed E-state index contributed by atoms with van der Waals surface area (Å²) in [4.78, 5) is 35.0. The number of ether oxygens (including phenoxy) is 1. The molecular weight excluding hydrogens is 438 g/mol. The van der Waals surface area contributed by atoms with Crippen LogP contribution in [0.25, 0.3) is 10.9 Å². The maximum Gasteiger partial charge on any atom is 0.410 e. The summed E-state index contributed by atoms with van der Waals surface area (Å²) in [6.07, 6.45) is 6.70. The van der Waals surface area contributed by atoms with Crippen LogP contribution in [0.2, 0.25) is 5.02 Å². The molecule has 33 heavy (non-hydrogen) atoms. The number of carbonyl (C=O) groups excluding carboxylic acids is 2. The molecule has 1 aromatic carbocycles. The first-order chi connectivity index (χ1) is 15.7. The number of hydrogen-bond acceptors (Lipinski definition) is 4. The van der Waals surface area contributed by atoms with Gasteiger partial charge in [0.05, 0.1) is 16.6 Å². The summed E-state index contributed by atoms with van der Waals surface area (Å²) in [6, 6.07) is 5.69. The highest BCUT2D eigenvalue weighted by atomic mass is 35.5. The highest BCUT2D eigenvalue weighted by molar-refractivity contribution is 6.36. The lowest BCUT2D eigenvalue weighted by atomic mass is 9.94. The quantitative estimate of drug-likeness (QED) is 0.562. The van der Waals surface area contributed by atoms with Crippen LogP contribution in [-0.4, -0.2) is 57.6 Å². The topological polar surface area (TPSA) is 62.7 Å². The van der Waals surface area contributed by atoms with Crippen LogP contribution >= 0.6 is 11.6 Å². The van der Waals surface area contributed by atoms with Gasteiger partial charge < -0.3 is 14.5 Å². The molecule has 1 aliphatic carbocycles. The summed E-state index contributed by atoms with van der Waals surface area (Å²) < 4.78 is 5.63. The zero-order chi connectivity index (χ0) is 23.3. The first kappa shape index (κ1) is 22.5. The highest BCUT2D eigenvalue weighted by Crippen LogP contribution is 2.34. The van der Waals surface area contributed by atoms with Crippen molar-refractivity contribution in [2.24, 2.45) is 0 Å². The van der Waals surface area contributed by atoms with Gasteiger partial charge in [0, 0.05) is 35.8 Å². The Balaban J connectivity index is 1.40. The minimum Gasteiger partial charge on any atom is -0.444 e. The molecule has 4 heterocycles. The monoisotopic (exact) mass is 469 g/mol. The number of carbonyl (C=O) groups is 2. The van der Waals surface area contributed by atoms with E-state index in [1.54, 1.807) is 0 Å². The van der Waals surface area contributed by atoms with Gasteiger partial charge in [0.2, 0.25) is 0 Å². The minimum absolute atomic E-state index is 0.000421. The Bertz CT molecular complexity index is 1110. The Morgan fingerprint density at radius 2 is 1.73 bits per heavy atom. The highest BCUT2D eigenvalue weighted by Gasteiger charge is 2.42. The van der Waals surface area contributed by atoms with Gasteiger partial charge in [-0.1, -0.05) is 17.7 Å². The van der Waals surface area contributed by atoms with E-state index in [1.165, 1.54) is 5.56 Å². The summed E-state index contributed by atoms with van der Waals surface area (Å²) in [5.41, 5.74) is 3.14. The van der Waals surface area contributed by atoms with Gasteiger partial charge in [0.1, 0.15) is 5.60 Å². The minimum atomic E-state index is -0.531. The summed E-state index contributed by atoms with van der Waals surface area (Å²) in [7, 11) is 0. The molecule has 2 aromatic rings. The molecule has 4 aliphatic rings. The van der Waals surface area contributed by atoms with Crippen molar-refractivity contribution in [3.63, 3.8) is 0 Å². The van der Waals surface area contributed by atoms with Gasteiger partial charge in [-0.15, -0.1) is 0 Å². The first-order valence-corrected chi connectivity index (χ1v) is 12.5. The second-order valence-corrected chi connectivity index (χ2v) is 11.0. The van der Waals surface area contributed by atoms with Crippen molar-refractivity contribution in [1.29, 1.82) is 0 Å². The second-order valence-electron chi connectivity index (χ2n) is 10.6. The first-order valence-electron chi connectivity index (χ1n) is 12.1. The number of fused-ring (bicyclic) bond motifs is 6. The number of amides is 2. The summed E-state index contributed by atoms with van der Waals surface area (Å²) in [6.45, 7) is 6.71. The third kappa shape index (κ3) is 4.30. The molecule has 176 valence electrons. The van der Waals surface area contributed by atoms with Crippen LogP contribution in [0.1, 0.15) is 74.5 Å². The number of benzene rings is 1. The van der Waals surface area contributed by atoms with E-state index in [0.717, 1.165) is 66.6 Å². The Morgan fingerprint density at radius 1 is 1.03 bits per heavy atom. The van der Waals surface area contributed by atoms with Crippen LogP contribution < -0.4 is 0 Å². The lowest BCUT2D eigenvalue weighted by Crippen LogP contribution is -2.60. The fourth-order valence-corrected chi connectivity index (χ4v) is 5.85. The standard InChI is InChI=1S/C26H32ClN3O3/c1-26(2,3)33-25(32)30-15-17-7-6-8-18(30)14-29(17)24(31)16-11-12-20-22(13-16)28-21-10-5-4-9-19(21)23(20)27/h11-13,17-18H,4-10,14-15H2,1-3H3. The number of halogens is 1. The van der Waals surface area contributed by atoms with Gasteiger partial charge in [0.15, 0.2) is 0 Å². The van der Waals surface area contributed by atoms with Crippen LogP contribution in [0.3, 0.4) is 0 Å². The van der Waals surface area contributed by atoms with Crippen molar-refractivity contribution in [3.05, 3.63) is 40.0 Å². The molecule has 2 bridgehead atoms. The van der Waals surface area contributed by atoms with E-state index in [1.807, 2.05) is 48.8 Å². The molecule has 6 rings (SSSR count). The third-order valence-electron chi connectivity index (χ3n) is 7.10. The molecule has 0 spiro atoms. The largest absolute Gasteiger partial charge is 0.444 e. The van der Waals surface area contributed by atoms with Gasteiger partial charge in [-0.25, -0.2) is 4.79 Å². The van der Waals surface area contributed by atoms with E-state index in [0.29, 0.717) is 18.7 Å². The van der Waals surface area contributed by atoms with Gasteiger partial charge in [-0.05, 0) is 83.4 Å². The van der Waals surface area contributed by atoms with Crippen LogP contribution in [0.5, 0.6) is 0 Å². The van der Waals surface area contributed by atoms with Crippen molar-refractivity contribution >= 4 is 34.5 Å². The van der Waals surface area contributed by atoms with Crippen LogP contribution in [-0.2, 0) is 17.6 Å². The molecule has 2 unspecified atom stereocenters. The number of aromatic nitrogens is 1. The van der Waals surface area contributed by atoms with Crippen LogP contribution in [0.15, 0.2) is 18.2 Å².